The van der Waals surface area contributed by atoms with E-state index < -0.39 is 0 Å². The molecular weight excluding hydrogens is 210 g/mol. The molecule has 0 aliphatic heterocycles. The van der Waals surface area contributed by atoms with Crippen LogP contribution in [0.15, 0.2) is 12.2 Å². The van der Waals surface area contributed by atoms with Crippen molar-refractivity contribution in [3.63, 3.8) is 0 Å². The largest absolute Gasteiger partial charge is 0.394 e. The summed E-state index contributed by atoms with van der Waals surface area (Å²) in [6, 6.07) is 0. The molecule has 2 N–H and O–H groups in total. The zero-order valence-corrected chi connectivity index (χ0v) is 11.1. The van der Waals surface area contributed by atoms with Crippen LogP contribution in [-0.2, 0) is 0 Å². The van der Waals surface area contributed by atoms with Gasteiger partial charge in [0.15, 0.2) is 0 Å². The van der Waals surface area contributed by atoms with Crippen LogP contribution in [0.1, 0.15) is 51.9 Å². The Bertz CT molecular complexity index is 254. The molecule has 0 heterocycles. The number of rotatable bonds is 4. The minimum Gasteiger partial charge on any atom is -0.394 e. The molecule has 0 radical (unpaired) electrons. The normalized spacial score (nSPS) is 38.2. The van der Waals surface area contributed by atoms with Crippen molar-refractivity contribution in [1.29, 1.82) is 0 Å². The van der Waals surface area contributed by atoms with Gasteiger partial charge in [-0.25, -0.2) is 0 Å². The summed E-state index contributed by atoms with van der Waals surface area (Å²) in [7, 11) is 0. The van der Waals surface area contributed by atoms with Crippen LogP contribution in [0.5, 0.6) is 0 Å². The summed E-state index contributed by atoms with van der Waals surface area (Å²) in [6.45, 7) is 3.72. The summed E-state index contributed by atoms with van der Waals surface area (Å²) in [5.74, 6) is 1.62. The fourth-order valence-electron chi connectivity index (χ4n) is 3.11. The quantitative estimate of drug-likeness (QED) is 0.737. The van der Waals surface area contributed by atoms with Crippen LogP contribution in [-0.4, -0.2) is 23.8 Å². The lowest BCUT2D eigenvalue weighted by Gasteiger charge is -2.40. The Kier molecular flexibility index (Phi) is 4.63. The number of allylic oxidation sites excluding steroid dienone is 2. The van der Waals surface area contributed by atoms with Crippen LogP contribution < -0.4 is 5.32 Å². The highest BCUT2D eigenvalue weighted by Crippen LogP contribution is 2.32. The van der Waals surface area contributed by atoms with Gasteiger partial charge in [-0.15, -0.1) is 0 Å². The molecule has 0 spiro atoms. The molecule has 0 aromatic rings. The fourth-order valence-corrected chi connectivity index (χ4v) is 3.11. The number of nitrogens with one attached hydrogen (secondary N) is 1. The Balaban J connectivity index is 1.80. The first-order valence-electron chi connectivity index (χ1n) is 7.25. The van der Waals surface area contributed by atoms with Crippen LogP contribution >= 0.6 is 0 Å². The average Bonchev–Trinajstić information content (AvgIpc) is 2.40. The second kappa shape index (κ2) is 6.01. The number of aliphatic hydroxyl groups is 1. The lowest BCUT2D eigenvalue weighted by Crippen LogP contribution is -2.52. The average molecular weight is 237 g/mol. The first-order valence-corrected chi connectivity index (χ1v) is 7.25. The second-order valence-corrected chi connectivity index (χ2v) is 6.15. The lowest BCUT2D eigenvalue weighted by atomic mass is 9.77. The molecule has 1 fully saturated rings. The molecule has 0 saturated heterocycles. The minimum absolute atomic E-state index is 0.0354. The minimum atomic E-state index is 0.0354. The van der Waals surface area contributed by atoms with Gasteiger partial charge in [0.25, 0.3) is 0 Å². The van der Waals surface area contributed by atoms with Gasteiger partial charge in [0, 0.05) is 5.54 Å². The Morgan fingerprint density at radius 3 is 2.59 bits per heavy atom. The molecule has 1 unspecified atom stereocenters. The van der Waals surface area contributed by atoms with Crippen LogP contribution in [0, 0.1) is 11.8 Å². The molecule has 2 aliphatic carbocycles. The SMILES string of the molecule is CC1CCC(CO)(NCC2CC=CCC2)CC1. The molecule has 2 rings (SSSR count). The van der Waals surface area contributed by atoms with Gasteiger partial charge < -0.3 is 10.4 Å². The van der Waals surface area contributed by atoms with Crippen molar-refractivity contribution in [2.75, 3.05) is 13.2 Å². The fraction of sp³-hybridized carbons (Fsp3) is 0.867. The molecule has 98 valence electrons. The molecule has 0 aromatic heterocycles. The van der Waals surface area contributed by atoms with E-state index in [0.717, 1.165) is 31.2 Å². The second-order valence-electron chi connectivity index (χ2n) is 6.15. The summed E-state index contributed by atoms with van der Waals surface area (Å²) >= 11 is 0. The zero-order chi connectivity index (χ0) is 12.1. The van der Waals surface area contributed by atoms with Gasteiger partial charge in [0.05, 0.1) is 6.61 Å². The summed E-state index contributed by atoms with van der Waals surface area (Å²) in [4.78, 5) is 0. The maximum Gasteiger partial charge on any atom is 0.0613 e. The zero-order valence-electron chi connectivity index (χ0n) is 11.1. The van der Waals surface area contributed by atoms with Gasteiger partial charge in [0.1, 0.15) is 0 Å². The van der Waals surface area contributed by atoms with Gasteiger partial charge in [-0.05, 0) is 63.3 Å². The number of hydrogen-bond donors (Lipinski definition) is 2. The molecule has 2 nitrogen and oxygen atoms in total. The lowest BCUT2D eigenvalue weighted by molar-refractivity contribution is 0.101. The van der Waals surface area contributed by atoms with Crippen LogP contribution in [0.3, 0.4) is 0 Å². The molecular formula is C15H27NO. The Morgan fingerprint density at radius 2 is 2.00 bits per heavy atom. The molecule has 0 aromatic carbocycles. The molecule has 1 atom stereocenters. The maximum absolute atomic E-state index is 9.68. The third-order valence-corrected chi connectivity index (χ3v) is 4.68. The van der Waals surface area contributed by atoms with E-state index in [2.05, 4.69) is 24.4 Å². The van der Waals surface area contributed by atoms with E-state index >= 15 is 0 Å². The van der Waals surface area contributed by atoms with Crippen molar-refractivity contribution in [2.45, 2.75) is 57.4 Å². The smallest absolute Gasteiger partial charge is 0.0613 e. The summed E-state index contributed by atoms with van der Waals surface area (Å²) < 4.78 is 0. The van der Waals surface area contributed by atoms with E-state index in [0.29, 0.717) is 6.61 Å². The highest BCUT2D eigenvalue weighted by Gasteiger charge is 2.33. The first-order chi connectivity index (χ1) is 8.24. The highest BCUT2D eigenvalue weighted by molar-refractivity contribution is 4.95. The van der Waals surface area contributed by atoms with Crippen molar-refractivity contribution in [1.82, 2.24) is 5.32 Å². The molecule has 0 amide bonds. The molecule has 2 aliphatic rings. The summed E-state index contributed by atoms with van der Waals surface area (Å²) in [5.41, 5.74) is 0.0354. The summed E-state index contributed by atoms with van der Waals surface area (Å²) in [5, 5.41) is 13.4. The van der Waals surface area contributed by atoms with Crippen LogP contribution in [0.4, 0.5) is 0 Å². The third-order valence-electron chi connectivity index (χ3n) is 4.68. The van der Waals surface area contributed by atoms with Crippen molar-refractivity contribution in [3.8, 4) is 0 Å². The van der Waals surface area contributed by atoms with E-state index in [1.165, 1.54) is 32.1 Å². The van der Waals surface area contributed by atoms with Crippen molar-refractivity contribution in [2.24, 2.45) is 11.8 Å². The molecule has 1 saturated carbocycles. The van der Waals surface area contributed by atoms with Crippen molar-refractivity contribution in [3.05, 3.63) is 12.2 Å². The predicted molar refractivity (Wildman–Crippen MR) is 71.9 cm³/mol. The van der Waals surface area contributed by atoms with E-state index in [4.69, 9.17) is 0 Å². The van der Waals surface area contributed by atoms with Gasteiger partial charge in [-0.1, -0.05) is 19.1 Å². The van der Waals surface area contributed by atoms with Crippen LogP contribution in [0.2, 0.25) is 0 Å². The van der Waals surface area contributed by atoms with Gasteiger partial charge in [-0.3, -0.25) is 0 Å². The number of hydrogen-bond acceptors (Lipinski definition) is 2. The van der Waals surface area contributed by atoms with Gasteiger partial charge in [-0.2, -0.15) is 0 Å². The third kappa shape index (κ3) is 3.56. The first kappa shape index (κ1) is 13.1. The highest BCUT2D eigenvalue weighted by atomic mass is 16.3. The topological polar surface area (TPSA) is 32.3 Å². The molecule has 2 heteroatoms. The summed E-state index contributed by atoms with van der Waals surface area (Å²) in [6.07, 6.45) is 13.2. The predicted octanol–water partition coefficient (Wildman–Crippen LogP) is 2.87. The molecule has 17 heavy (non-hydrogen) atoms. The Morgan fingerprint density at radius 1 is 1.24 bits per heavy atom. The van der Waals surface area contributed by atoms with Gasteiger partial charge >= 0.3 is 0 Å². The Labute approximate surface area is 105 Å². The van der Waals surface area contributed by atoms with E-state index in [1.807, 2.05) is 0 Å². The monoisotopic (exact) mass is 237 g/mol. The number of aliphatic hydroxyl groups excluding tert-OH is 1. The van der Waals surface area contributed by atoms with Crippen molar-refractivity contribution >= 4 is 0 Å². The van der Waals surface area contributed by atoms with E-state index in [-0.39, 0.29) is 5.54 Å². The van der Waals surface area contributed by atoms with E-state index in [9.17, 15) is 5.11 Å². The van der Waals surface area contributed by atoms with Gasteiger partial charge in [0.2, 0.25) is 0 Å². The Hall–Kier alpha value is -0.340. The maximum atomic E-state index is 9.68. The molecule has 0 bridgehead atoms. The van der Waals surface area contributed by atoms with E-state index in [1.54, 1.807) is 0 Å². The van der Waals surface area contributed by atoms with Crippen LogP contribution in [0.25, 0.3) is 0 Å². The standard InChI is InChI=1S/C15H27NO/c1-13-7-9-15(12-17,10-8-13)16-11-14-5-3-2-4-6-14/h2-3,13-14,16-17H,4-12H2,1H3. The van der Waals surface area contributed by atoms with Crippen molar-refractivity contribution < 1.29 is 5.11 Å².